The molecule has 0 radical (unpaired) electrons. The number of nitrogens with zero attached hydrogens (tertiary/aromatic N) is 3. The van der Waals surface area contributed by atoms with Gasteiger partial charge in [-0.05, 0) is 29.7 Å². The van der Waals surface area contributed by atoms with Crippen molar-refractivity contribution < 1.29 is 9.13 Å². The molecule has 5 nitrogen and oxygen atoms in total. The highest BCUT2D eigenvalue weighted by Crippen LogP contribution is 2.40. The van der Waals surface area contributed by atoms with Crippen LogP contribution in [0.5, 0.6) is 5.75 Å². The van der Waals surface area contributed by atoms with Crippen molar-refractivity contribution in [1.82, 2.24) is 9.97 Å². The second kappa shape index (κ2) is 9.29. The topological polar surface area (TPSA) is 84.8 Å². The van der Waals surface area contributed by atoms with Crippen LogP contribution >= 0.6 is 23.2 Å². The van der Waals surface area contributed by atoms with Gasteiger partial charge in [-0.2, -0.15) is 5.26 Å². The van der Waals surface area contributed by atoms with Crippen LogP contribution in [0.15, 0.2) is 36.5 Å². The first kappa shape index (κ1) is 21.8. The summed E-state index contributed by atoms with van der Waals surface area (Å²) in [4.78, 5) is 8.43. The Hall–Kier alpha value is -2.88. The van der Waals surface area contributed by atoms with E-state index in [1.54, 1.807) is 18.3 Å². The van der Waals surface area contributed by atoms with Crippen LogP contribution in [0.25, 0.3) is 11.3 Å². The third kappa shape index (κ3) is 4.33. The van der Waals surface area contributed by atoms with E-state index >= 15 is 0 Å². The fourth-order valence-corrected chi connectivity index (χ4v) is 3.56. The first-order valence-electron chi connectivity index (χ1n) is 9.25. The molecular formula is C22H19Cl2FN4O. The number of hydrogen-bond acceptors (Lipinski definition) is 5. The second-order valence-electron chi connectivity index (χ2n) is 6.88. The number of aromatic nitrogens is 2. The van der Waals surface area contributed by atoms with Gasteiger partial charge in [0.15, 0.2) is 10.9 Å². The zero-order valence-corrected chi connectivity index (χ0v) is 17.9. The maximum absolute atomic E-state index is 14.3. The second-order valence-corrected chi connectivity index (χ2v) is 7.62. The van der Waals surface area contributed by atoms with Crippen molar-refractivity contribution in [2.75, 3.05) is 12.3 Å². The summed E-state index contributed by atoms with van der Waals surface area (Å²) in [6.07, 6.45) is 2.17. The summed E-state index contributed by atoms with van der Waals surface area (Å²) in [5.41, 5.74) is 8.79. The highest BCUT2D eigenvalue weighted by Gasteiger charge is 2.22. The van der Waals surface area contributed by atoms with Gasteiger partial charge in [-0.25, -0.2) is 9.37 Å². The van der Waals surface area contributed by atoms with Gasteiger partial charge in [0.2, 0.25) is 0 Å². The Morgan fingerprint density at radius 3 is 2.63 bits per heavy atom. The Bertz CT molecular complexity index is 1130. The van der Waals surface area contributed by atoms with Crippen LogP contribution in [-0.4, -0.2) is 16.6 Å². The molecule has 3 aromatic rings. The molecule has 2 N–H and O–H groups in total. The van der Waals surface area contributed by atoms with Gasteiger partial charge >= 0.3 is 0 Å². The molecule has 0 saturated heterocycles. The number of benzene rings is 1. The normalized spacial score (nSPS) is 10.8. The fraction of sp³-hybridized carbons (Fsp3) is 0.227. The highest BCUT2D eigenvalue weighted by molar-refractivity contribution is 6.36. The summed E-state index contributed by atoms with van der Waals surface area (Å²) >= 11 is 12.6. The van der Waals surface area contributed by atoms with Crippen LogP contribution in [0.1, 0.15) is 36.6 Å². The van der Waals surface area contributed by atoms with Crippen molar-refractivity contribution in [3.8, 4) is 23.1 Å². The largest absolute Gasteiger partial charge is 0.490 e. The van der Waals surface area contributed by atoms with Gasteiger partial charge < -0.3 is 10.5 Å². The maximum Gasteiger partial charge on any atom is 0.161 e. The maximum atomic E-state index is 14.3. The number of nitrogens with two attached hydrogens (primary N) is 1. The van der Waals surface area contributed by atoms with Crippen LogP contribution in [0, 0.1) is 17.1 Å². The predicted molar refractivity (Wildman–Crippen MR) is 116 cm³/mol. The molecular weight excluding hydrogens is 426 g/mol. The minimum atomic E-state index is -0.510. The average Bonchev–Trinajstić information content (AvgIpc) is 2.72. The molecule has 0 unspecified atom stereocenters. The lowest BCUT2D eigenvalue weighted by atomic mass is 10.0. The highest BCUT2D eigenvalue weighted by atomic mass is 35.5. The van der Waals surface area contributed by atoms with Crippen molar-refractivity contribution in [2.24, 2.45) is 0 Å². The van der Waals surface area contributed by atoms with Gasteiger partial charge in [-0.1, -0.05) is 49.2 Å². The molecule has 154 valence electrons. The van der Waals surface area contributed by atoms with Crippen LogP contribution in [-0.2, 0) is 6.42 Å². The van der Waals surface area contributed by atoms with Crippen molar-refractivity contribution in [1.29, 1.82) is 5.26 Å². The summed E-state index contributed by atoms with van der Waals surface area (Å²) in [5.74, 6) is -0.258. The van der Waals surface area contributed by atoms with Crippen molar-refractivity contribution in [2.45, 2.75) is 26.2 Å². The molecule has 2 aromatic heterocycles. The van der Waals surface area contributed by atoms with E-state index in [4.69, 9.17) is 33.7 Å². The number of anilines is 1. The molecule has 0 fully saturated rings. The monoisotopic (exact) mass is 444 g/mol. The zero-order chi connectivity index (χ0) is 21.8. The smallest absolute Gasteiger partial charge is 0.161 e. The van der Waals surface area contributed by atoms with Gasteiger partial charge in [0.25, 0.3) is 0 Å². The number of rotatable bonds is 6. The molecule has 2 heterocycles. The molecule has 3 rings (SSSR count). The Morgan fingerprint density at radius 1 is 1.23 bits per heavy atom. The Balaban J connectivity index is 1.92. The summed E-state index contributed by atoms with van der Waals surface area (Å²) in [6, 6.07) is 9.80. The van der Waals surface area contributed by atoms with E-state index < -0.39 is 5.82 Å². The van der Waals surface area contributed by atoms with Crippen LogP contribution in [0.2, 0.25) is 10.2 Å². The Morgan fingerprint density at radius 2 is 1.97 bits per heavy atom. The molecule has 0 aliphatic carbocycles. The summed E-state index contributed by atoms with van der Waals surface area (Å²) in [5, 5.41) is 9.39. The van der Waals surface area contributed by atoms with E-state index in [1.165, 1.54) is 12.1 Å². The number of halogens is 3. The van der Waals surface area contributed by atoms with E-state index in [0.29, 0.717) is 12.1 Å². The number of hydrogen-bond donors (Lipinski definition) is 1. The van der Waals surface area contributed by atoms with E-state index in [1.807, 2.05) is 26.0 Å². The molecule has 0 aliphatic heterocycles. The Labute approximate surface area is 184 Å². The minimum absolute atomic E-state index is 0.00711. The lowest BCUT2D eigenvalue weighted by molar-refractivity contribution is 0.321. The van der Waals surface area contributed by atoms with Crippen LogP contribution in [0.4, 0.5) is 10.1 Å². The summed E-state index contributed by atoms with van der Waals surface area (Å²) < 4.78 is 20.1. The zero-order valence-electron chi connectivity index (χ0n) is 16.4. The van der Waals surface area contributed by atoms with Crippen LogP contribution < -0.4 is 10.5 Å². The van der Waals surface area contributed by atoms with E-state index in [0.717, 1.165) is 11.3 Å². The molecule has 0 amide bonds. The number of pyridine rings is 2. The lowest BCUT2D eigenvalue weighted by Crippen LogP contribution is -2.09. The molecule has 8 heteroatoms. The van der Waals surface area contributed by atoms with Gasteiger partial charge in [-0.3, -0.25) is 4.98 Å². The molecule has 0 saturated carbocycles. The molecule has 0 bridgehead atoms. The molecule has 0 atom stereocenters. The summed E-state index contributed by atoms with van der Waals surface area (Å²) in [7, 11) is 0. The summed E-state index contributed by atoms with van der Waals surface area (Å²) in [6.45, 7) is 4.21. The van der Waals surface area contributed by atoms with Gasteiger partial charge in [-0.15, -0.1) is 0 Å². The minimum Gasteiger partial charge on any atom is -0.490 e. The first-order valence-corrected chi connectivity index (χ1v) is 10.0. The van der Waals surface area contributed by atoms with E-state index in [9.17, 15) is 9.65 Å². The number of nitrogen functional groups attached to an aromatic ring is 1. The molecule has 30 heavy (non-hydrogen) atoms. The number of ether oxygens (including phenoxy) is 1. The number of nitriles is 1. The van der Waals surface area contributed by atoms with E-state index in [-0.39, 0.29) is 45.3 Å². The van der Waals surface area contributed by atoms with Crippen molar-refractivity contribution >= 4 is 28.9 Å². The third-order valence-corrected chi connectivity index (χ3v) is 5.19. The van der Waals surface area contributed by atoms with Gasteiger partial charge in [0.1, 0.15) is 22.5 Å². The predicted octanol–water partition coefficient (Wildman–Crippen LogP) is 5.79. The lowest BCUT2D eigenvalue weighted by Gasteiger charge is -2.15. The third-order valence-electron chi connectivity index (χ3n) is 4.57. The average molecular weight is 445 g/mol. The molecule has 1 aromatic carbocycles. The van der Waals surface area contributed by atoms with Gasteiger partial charge in [0, 0.05) is 18.2 Å². The molecule has 0 spiro atoms. The Kier molecular flexibility index (Phi) is 6.76. The first-order chi connectivity index (χ1) is 14.3. The van der Waals surface area contributed by atoms with Crippen LogP contribution in [0.3, 0.4) is 0 Å². The fourth-order valence-electron chi connectivity index (χ4n) is 3.05. The SMILES string of the molecule is CC(C)c1nccc(CCOc2c(Cl)c(-c3ccccc3F)nc(Cl)c2C#N)c1N. The van der Waals surface area contributed by atoms with Crippen molar-refractivity contribution in [3.63, 3.8) is 0 Å². The quantitative estimate of drug-likeness (QED) is 0.486. The van der Waals surface area contributed by atoms with Gasteiger partial charge in [0.05, 0.1) is 23.7 Å². The standard InChI is InChI=1S/C22H19Cl2FN4O/c1-12(2)19-18(27)13(7-9-28-19)8-10-30-21-15(11-26)22(24)29-20(17(21)23)14-5-3-4-6-16(14)25/h3-7,9,12H,8,10,27H2,1-2H3. The van der Waals surface area contributed by atoms with E-state index in [2.05, 4.69) is 9.97 Å². The van der Waals surface area contributed by atoms with Crippen molar-refractivity contribution in [3.05, 3.63) is 69.3 Å². The molecule has 0 aliphatic rings.